The van der Waals surface area contributed by atoms with Crippen molar-refractivity contribution in [2.75, 3.05) is 0 Å². The van der Waals surface area contributed by atoms with Crippen molar-refractivity contribution in [3.63, 3.8) is 0 Å². The van der Waals surface area contributed by atoms with Gasteiger partial charge in [0.1, 0.15) is 11.4 Å². The molecule has 1 heterocycles. The quantitative estimate of drug-likeness (QED) is 0.656. The first-order valence-corrected chi connectivity index (χ1v) is 3.87. The molecule has 0 fully saturated rings. The van der Waals surface area contributed by atoms with E-state index in [0.29, 0.717) is 5.56 Å². The van der Waals surface area contributed by atoms with Gasteiger partial charge in [0.2, 0.25) is 0 Å². The number of hydrogen-bond acceptors (Lipinski definition) is 2. The Bertz CT molecular complexity index is 371. The monoisotopic (exact) mass is 203 g/mol. The fourth-order valence-corrected chi connectivity index (χ4v) is 0.993. The normalized spacial score (nSPS) is 11.5. The Kier molecular flexibility index (Phi) is 2.59. The van der Waals surface area contributed by atoms with Gasteiger partial charge >= 0.3 is 6.18 Å². The van der Waals surface area contributed by atoms with E-state index >= 15 is 0 Å². The molecule has 5 heteroatoms. The molecule has 0 aromatic carbocycles. The highest BCUT2D eigenvalue weighted by Gasteiger charge is 2.33. The smallest absolute Gasteiger partial charge is 0.293 e. The van der Waals surface area contributed by atoms with Crippen LogP contribution in [0.5, 0.6) is 0 Å². The minimum absolute atomic E-state index is 0.155. The zero-order chi connectivity index (χ0) is 10.9. The van der Waals surface area contributed by atoms with Crippen molar-refractivity contribution in [3.8, 4) is 0 Å². The maximum atomic E-state index is 12.2. The molecule has 0 amide bonds. The minimum Gasteiger partial charge on any atom is -0.293 e. The van der Waals surface area contributed by atoms with E-state index in [1.807, 2.05) is 0 Å². The lowest BCUT2D eigenvalue weighted by molar-refractivity contribution is -0.141. The first kappa shape index (κ1) is 10.7. The molecule has 0 atom stereocenters. The Labute approximate surface area is 78.8 Å². The molecule has 0 aliphatic heterocycles. The number of alkyl halides is 3. The Balaban J connectivity index is 3.28. The molecule has 1 aromatic heterocycles. The predicted molar refractivity (Wildman–Crippen MR) is 44.0 cm³/mol. The second kappa shape index (κ2) is 3.40. The molecule has 0 bridgehead atoms. The van der Waals surface area contributed by atoms with Crippen molar-refractivity contribution in [1.29, 1.82) is 0 Å². The second-order valence-electron chi connectivity index (χ2n) is 2.97. The topological polar surface area (TPSA) is 30.0 Å². The highest BCUT2D eigenvalue weighted by molar-refractivity contribution is 5.92. The van der Waals surface area contributed by atoms with Gasteiger partial charge in [-0.05, 0) is 24.6 Å². The van der Waals surface area contributed by atoms with Crippen LogP contribution >= 0.6 is 0 Å². The summed E-state index contributed by atoms with van der Waals surface area (Å²) in [6.07, 6.45) is -4.50. The van der Waals surface area contributed by atoms with Crippen molar-refractivity contribution < 1.29 is 18.0 Å². The maximum absolute atomic E-state index is 12.2. The molecule has 1 aromatic rings. The summed E-state index contributed by atoms with van der Waals surface area (Å²) < 4.78 is 36.7. The summed E-state index contributed by atoms with van der Waals surface area (Å²) >= 11 is 0. The average molecular weight is 203 g/mol. The van der Waals surface area contributed by atoms with E-state index in [0.717, 1.165) is 6.07 Å². The summed E-state index contributed by atoms with van der Waals surface area (Å²) in [5.41, 5.74) is -0.808. The van der Waals surface area contributed by atoms with Crippen LogP contribution in [0.15, 0.2) is 12.1 Å². The van der Waals surface area contributed by atoms with E-state index in [4.69, 9.17) is 0 Å². The van der Waals surface area contributed by atoms with Gasteiger partial charge in [0.05, 0.1) is 0 Å². The molecular formula is C9H8F3NO. The number of pyridine rings is 1. The highest BCUT2D eigenvalue weighted by Crippen LogP contribution is 2.28. The summed E-state index contributed by atoms with van der Waals surface area (Å²) in [6, 6.07) is 2.24. The van der Waals surface area contributed by atoms with Gasteiger partial charge in [-0.3, -0.25) is 4.79 Å². The Morgan fingerprint density at radius 1 is 1.36 bits per heavy atom. The molecule has 0 unspecified atom stereocenters. The van der Waals surface area contributed by atoms with Crippen LogP contribution < -0.4 is 0 Å². The number of Topliss-reactive ketones (excluding diaryl/α,β-unsaturated/α-hetero) is 1. The molecule has 1 rings (SSSR count). The van der Waals surface area contributed by atoms with Crippen molar-refractivity contribution in [1.82, 2.24) is 4.98 Å². The third kappa shape index (κ3) is 2.31. The molecule has 0 N–H and O–H groups in total. The van der Waals surface area contributed by atoms with Crippen LogP contribution in [-0.2, 0) is 6.18 Å². The molecule has 2 nitrogen and oxygen atoms in total. The molecule has 0 saturated carbocycles. The largest absolute Gasteiger partial charge is 0.433 e. The molecule has 0 aliphatic rings. The van der Waals surface area contributed by atoms with E-state index in [-0.39, 0.29) is 5.69 Å². The summed E-state index contributed by atoms with van der Waals surface area (Å²) in [7, 11) is 0. The van der Waals surface area contributed by atoms with E-state index < -0.39 is 17.7 Å². The second-order valence-corrected chi connectivity index (χ2v) is 2.97. The third-order valence-electron chi connectivity index (χ3n) is 1.62. The Morgan fingerprint density at radius 2 is 1.93 bits per heavy atom. The highest BCUT2D eigenvalue weighted by atomic mass is 19.4. The van der Waals surface area contributed by atoms with E-state index in [1.165, 1.54) is 19.9 Å². The standard InChI is InChI=1S/C9H8F3NO/c1-5-3-7(6(2)14)13-8(4-5)9(10,11)12/h3-4H,1-2H3. The van der Waals surface area contributed by atoms with Gasteiger partial charge in [-0.15, -0.1) is 0 Å². The van der Waals surface area contributed by atoms with Gasteiger partial charge < -0.3 is 0 Å². The van der Waals surface area contributed by atoms with Crippen LogP contribution in [0.4, 0.5) is 13.2 Å². The fraction of sp³-hybridized carbons (Fsp3) is 0.333. The van der Waals surface area contributed by atoms with E-state index in [1.54, 1.807) is 0 Å². The summed E-state index contributed by atoms with van der Waals surface area (Å²) in [5, 5.41) is 0. The van der Waals surface area contributed by atoms with E-state index in [9.17, 15) is 18.0 Å². The van der Waals surface area contributed by atoms with E-state index in [2.05, 4.69) is 4.98 Å². The van der Waals surface area contributed by atoms with Crippen LogP contribution in [0, 0.1) is 6.92 Å². The molecule has 76 valence electrons. The molecule has 0 aliphatic carbocycles. The fourth-order valence-electron chi connectivity index (χ4n) is 0.993. The number of aromatic nitrogens is 1. The lowest BCUT2D eigenvalue weighted by atomic mass is 10.1. The Hall–Kier alpha value is -1.39. The summed E-state index contributed by atoms with van der Waals surface area (Å²) in [4.78, 5) is 14.1. The van der Waals surface area contributed by atoms with Gasteiger partial charge in [0.15, 0.2) is 5.78 Å². The molecule has 14 heavy (non-hydrogen) atoms. The Morgan fingerprint density at radius 3 is 2.36 bits per heavy atom. The van der Waals surface area contributed by atoms with Gasteiger partial charge in [-0.2, -0.15) is 13.2 Å². The third-order valence-corrected chi connectivity index (χ3v) is 1.62. The van der Waals surface area contributed by atoms with Crippen molar-refractivity contribution in [3.05, 3.63) is 29.1 Å². The van der Waals surface area contributed by atoms with Crippen LogP contribution in [-0.4, -0.2) is 10.8 Å². The first-order chi connectivity index (χ1) is 6.30. The van der Waals surface area contributed by atoms with Crippen molar-refractivity contribution >= 4 is 5.78 Å². The summed E-state index contributed by atoms with van der Waals surface area (Å²) in [6.45, 7) is 2.67. The number of halogens is 3. The number of hydrogen-bond donors (Lipinski definition) is 0. The maximum Gasteiger partial charge on any atom is 0.433 e. The minimum atomic E-state index is -4.50. The molecule has 0 saturated heterocycles. The van der Waals surface area contributed by atoms with Crippen LogP contribution in [0.1, 0.15) is 28.7 Å². The zero-order valence-corrected chi connectivity index (χ0v) is 7.64. The number of nitrogens with zero attached hydrogens (tertiary/aromatic N) is 1. The zero-order valence-electron chi connectivity index (χ0n) is 7.64. The molecule has 0 spiro atoms. The SMILES string of the molecule is CC(=O)c1cc(C)cc(C(F)(F)F)n1. The lowest BCUT2D eigenvalue weighted by Crippen LogP contribution is -2.11. The predicted octanol–water partition coefficient (Wildman–Crippen LogP) is 2.61. The number of aryl methyl sites for hydroxylation is 1. The van der Waals surface area contributed by atoms with Crippen molar-refractivity contribution in [2.24, 2.45) is 0 Å². The van der Waals surface area contributed by atoms with Crippen molar-refractivity contribution in [2.45, 2.75) is 20.0 Å². The lowest BCUT2D eigenvalue weighted by Gasteiger charge is -2.07. The number of carbonyl (C=O) groups is 1. The van der Waals surface area contributed by atoms with Crippen LogP contribution in [0.25, 0.3) is 0 Å². The summed E-state index contributed by atoms with van der Waals surface area (Å²) in [5.74, 6) is -0.473. The number of ketones is 1. The average Bonchev–Trinajstić information content (AvgIpc) is 2.01. The van der Waals surface area contributed by atoms with Gasteiger partial charge in [-0.1, -0.05) is 0 Å². The number of carbonyl (C=O) groups excluding carboxylic acids is 1. The van der Waals surface area contributed by atoms with Gasteiger partial charge in [-0.25, -0.2) is 4.98 Å². The molecular weight excluding hydrogens is 195 g/mol. The first-order valence-electron chi connectivity index (χ1n) is 3.87. The van der Waals surface area contributed by atoms with Gasteiger partial charge in [0.25, 0.3) is 0 Å². The van der Waals surface area contributed by atoms with Crippen LogP contribution in [0.2, 0.25) is 0 Å². The van der Waals surface area contributed by atoms with Gasteiger partial charge in [0, 0.05) is 6.92 Å². The number of rotatable bonds is 1. The molecule has 0 radical (unpaired) electrons. The van der Waals surface area contributed by atoms with Crippen LogP contribution in [0.3, 0.4) is 0 Å².